The van der Waals surface area contributed by atoms with Crippen molar-refractivity contribution in [2.45, 2.75) is 39.3 Å². The Balaban J connectivity index is 1.66. The van der Waals surface area contributed by atoms with Crippen molar-refractivity contribution in [2.24, 2.45) is 0 Å². The molecule has 2 aromatic heterocycles. The Morgan fingerprint density at radius 2 is 2.17 bits per heavy atom. The van der Waals surface area contributed by atoms with Gasteiger partial charge in [0.25, 0.3) is 0 Å². The molecule has 3 aromatic rings. The van der Waals surface area contributed by atoms with Gasteiger partial charge in [0.15, 0.2) is 5.82 Å². The van der Waals surface area contributed by atoms with Crippen LogP contribution < -0.4 is 4.90 Å². The van der Waals surface area contributed by atoms with Crippen molar-refractivity contribution in [3.05, 3.63) is 41.7 Å². The van der Waals surface area contributed by atoms with Crippen LogP contribution in [0, 0.1) is 0 Å². The van der Waals surface area contributed by atoms with Gasteiger partial charge in [-0.2, -0.15) is 0 Å². The number of H-pyrrole nitrogens is 1. The molecule has 5 rings (SSSR count). The van der Waals surface area contributed by atoms with Crippen LogP contribution in [0.5, 0.6) is 0 Å². The minimum absolute atomic E-state index is 0.176. The van der Waals surface area contributed by atoms with Crippen LogP contribution in [-0.2, 0) is 22.5 Å². The van der Waals surface area contributed by atoms with E-state index in [1.165, 1.54) is 5.56 Å². The molecule has 4 heterocycles. The van der Waals surface area contributed by atoms with E-state index < -0.39 is 0 Å². The molecule has 0 radical (unpaired) electrons. The van der Waals surface area contributed by atoms with Crippen LogP contribution in [0.1, 0.15) is 31.5 Å². The first kappa shape index (κ1) is 19.1. The Labute approximate surface area is 176 Å². The van der Waals surface area contributed by atoms with Crippen LogP contribution >= 0.6 is 0 Å². The maximum atomic E-state index is 12.4. The Hall–Kier alpha value is -2.93. The van der Waals surface area contributed by atoms with Crippen LogP contribution in [0.2, 0.25) is 0 Å². The van der Waals surface area contributed by atoms with Crippen LogP contribution in [0.15, 0.2) is 30.5 Å². The number of nitrogens with one attached hydrogen (secondary N) is 1. The van der Waals surface area contributed by atoms with E-state index in [1.807, 2.05) is 24.1 Å². The molecule has 1 N–H and O–H groups in total. The number of carbonyl (C=O) groups is 1. The first-order chi connectivity index (χ1) is 14.7. The van der Waals surface area contributed by atoms with Gasteiger partial charge in [0, 0.05) is 47.7 Å². The second-order valence-electron chi connectivity index (χ2n) is 8.08. The third-order valence-corrected chi connectivity index (χ3v) is 6.17. The van der Waals surface area contributed by atoms with Crippen molar-refractivity contribution in [1.82, 2.24) is 19.9 Å². The quantitative estimate of drug-likeness (QED) is 0.725. The summed E-state index contributed by atoms with van der Waals surface area (Å²) in [4.78, 5) is 30.0. The zero-order valence-electron chi connectivity index (χ0n) is 17.5. The van der Waals surface area contributed by atoms with Crippen LogP contribution in [0.4, 0.5) is 5.82 Å². The smallest absolute Gasteiger partial charge is 0.222 e. The Kier molecular flexibility index (Phi) is 4.90. The fourth-order valence-electron chi connectivity index (χ4n) is 4.53. The highest BCUT2D eigenvalue weighted by molar-refractivity contribution is 5.93. The standard InChI is InChI=1S/C23H27N5O2/c1-3-21(29)27-10-8-18-20(13-27)25-22(17-5-4-6-19-16(17)7-9-24-19)26-23(18)28-11-12-30-14-15(28)2/h4-7,9,15,24H,3,8,10-14H2,1-2H3/t15-/m1/s1. The van der Waals surface area contributed by atoms with Crippen molar-refractivity contribution >= 4 is 22.6 Å². The minimum Gasteiger partial charge on any atom is -0.377 e. The topological polar surface area (TPSA) is 74.4 Å². The number of ether oxygens (including phenoxy) is 1. The Morgan fingerprint density at radius 1 is 1.27 bits per heavy atom. The molecule has 1 fully saturated rings. The molecule has 2 aliphatic heterocycles. The predicted molar refractivity (Wildman–Crippen MR) is 116 cm³/mol. The number of rotatable bonds is 3. The van der Waals surface area contributed by atoms with Gasteiger partial charge >= 0.3 is 0 Å². The number of morpholine rings is 1. The SMILES string of the molecule is CCC(=O)N1CCc2c(nc(-c3cccc4[nH]ccc34)nc2N2CCOC[C@H]2C)C1. The maximum Gasteiger partial charge on any atom is 0.222 e. The van der Waals surface area contributed by atoms with E-state index >= 15 is 0 Å². The van der Waals surface area contributed by atoms with Crippen molar-refractivity contribution in [3.63, 3.8) is 0 Å². The molecule has 1 aromatic carbocycles. The number of anilines is 1. The van der Waals surface area contributed by atoms with Crippen LogP contribution in [-0.4, -0.2) is 58.1 Å². The summed E-state index contributed by atoms with van der Waals surface area (Å²) >= 11 is 0. The molecule has 0 unspecified atom stereocenters. The summed E-state index contributed by atoms with van der Waals surface area (Å²) in [6.07, 6.45) is 3.25. The van der Waals surface area contributed by atoms with Crippen molar-refractivity contribution in [2.75, 3.05) is 31.2 Å². The van der Waals surface area contributed by atoms with E-state index in [4.69, 9.17) is 14.7 Å². The van der Waals surface area contributed by atoms with Gasteiger partial charge in [-0.25, -0.2) is 9.97 Å². The summed E-state index contributed by atoms with van der Waals surface area (Å²) in [6.45, 7) is 7.57. The molecule has 1 saturated heterocycles. The number of fused-ring (bicyclic) bond motifs is 2. The zero-order valence-corrected chi connectivity index (χ0v) is 17.5. The molecule has 0 aliphatic carbocycles. The van der Waals surface area contributed by atoms with E-state index in [0.717, 1.165) is 53.3 Å². The Bertz CT molecular complexity index is 1090. The van der Waals surface area contributed by atoms with Gasteiger partial charge in [0.2, 0.25) is 5.91 Å². The third-order valence-electron chi connectivity index (χ3n) is 6.17. The highest BCUT2D eigenvalue weighted by Gasteiger charge is 2.30. The largest absolute Gasteiger partial charge is 0.377 e. The van der Waals surface area contributed by atoms with E-state index in [1.54, 1.807) is 0 Å². The van der Waals surface area contributed by atoms with Gasteiger partial charge in [-0.15, -0.1) is 0 Å². The number of nitrogens with zero attached hydrogens (tertiary/aromatic N) is 4. The minimum atomic E-state index is 0.176. The second kappa shape index (κ2) is 7.72. The van der Waals surface area contributed by atoms with Crippen molar-refractivity contribution in [3.8, 4) is 11.4 Å². The fraction of sp³-hybridized carbons (Fsp3) is 0.435. The van der Waals surface area contributed by atoms with Gasteiger partial charge in [-0.1, -0.05) is 19.1 Å². The lowest BCUT2D eigenvalue weighted by Gasteiger charge is -2.37. The number of amides is 1. The normalized spacial score (nSPS) is 19.2. The van der Waals surface area contributed by atoms with Gasteiger partial charge in [0.05, 0.1) is 31.5 Å². The molecular formula is C23H27N5O2. The fourth-order valence-corrected chi connectivity index (χ4v) is 4.53. The lowest BCUT2D eigenvalue weighted by atomic mass is 10.0. The highest BCUT2D eigenvalue weighted by atomic mass is 16.5. The lowest BCUT2D eigenvalue weighted by Crippen LogP contribution is -2.45. The highest BCUT2D eigenvalue weighted by Crippen LogP contribution is 2.33. The first-order valence-electron chi connectivity index (χ1n) is 10.7. The number of carbonyl (C=O) groups excluding carboxylic acids is 1. The van der Waals surface area contributed by atoms with E-state index in [9.17, 15) is 4.79 Å². The molecule has 1 atom stereocenters. The molecule has 2 aliphatic rings. The van der Waals surface area contributed by atoms with E-state index in [2.05, 4.69) is 35.0 Å². The summed E-state index contributed by atoms with van der Waals surface area (Å²) in [6, 6.07) is 8.48. The Morgan fingerprint density at radius 3 is 3.00 bits per heavy atom. The van der Waals surface area contributed by atoms with Gasteiger partial charge in [-0.05, 0) is 25.5 Å². The lowest BCUT2D eigenvalue weighted by molar-refractivity contribution is -0.131. The summed E-state index contributed by atoms with van der Waals surface area (Å²) in [7, 11) is 0. The number of hydrogen-bond donors (Lipinski definition) is 1. The molecule has 0 spiro atoms. The second-order valence-corrected chi connectivity index (χ2v) is 8.08. The molecule has 156 valence electrons. The monoisotopic (exact) mass is 405 g/mol. The average Bonchev–Trinajstić information content (AvgIpc) is 3.27. The van der Waals surface area contributed by atoms with Gasteiger partial charge in [-0.3, -0.25) is 4.79 Å². The summed E-state index contributed by atoms with van der Waals surface area (Å²) in [5.41, 5.74) is 4.22. The molecule has 0 bridgehead atoms. The molecular weight excluding hydrogens is 378 g/mol. The van der Waals surface area contributed by atoms with Crippen LogP contribution in [0.3, 0.4) is 0 Å². The van der Waals surface area contributed by atoms with Gasteiger partial charge in [0.1, 0.15) is 5.82 Å². The average molecular weight is 406 g/mol. The molecule has 1 amide bonds. The molecule has 7 nitrogen and oxygen atoms in total. The predicted octanol–water partition coefficient (Wildman–Crippen LogP) is 3.14. The van der Waals surface area contributed by atoms with E-state index in [0.29, 0.717) is 26.2 Å². The maximum absolute atomic E-state index is 12.4. The van der Waals surface area contributed by atoms with Crippen molar-refractivity contribution < 1.29 is 9.53 Å². The number of aromatic amines is 1. The molecule has 0 saturated carbocycles. The molecule has 7 heteroatoms. The first-order valence-corrected chi connectivity index (χ1v) is 10.7. The number of aromatic nitrogens is 3. The van der Waals surface area contributed by atoms with Crippen LogP contribution in [0.25, 0.3) is 22.3 Å². The van der Waals surface area contributed by atoms with E-state index in [-0.39, 0.29) is 11.9 Å². The third kappa shape index (κ3) is 3.23. The number of benzene rings is 1. The number of hydrogen-bond acceptors (Lipinski definition) is 5. The summed E-state index contributed by atoms with van der Waals surface area (Å²) in [5.74, 6) is 1.90. The summed E-state index contributed by atoms with van der Waals surface area (Å²) in [5, 5.41) is 1.11. The molecule has 30 heavy (non-hydrogen) atoms. The van der Waals surface area contributed by atoms with Crippen molar-refractivity contribution in [1.29, 1.82) is 0 Å². The summed E-state index contributed by atoms with van der Waals surface area (Å²) < 4.78 is 5.66. The van der Waals surface area contributed by atoms with Gasteiger partial charge < -0.3 is 19.5 Å². The zero-order chi connectivity index (χ0) is 20.7.